The zero-order chi connectivity index (χ0) is 15.6. The van der Waals surface area contributed by atoms with Crippen molar-refractivity contribution < 1.29 is 19.8 Å². The summed E-state index contributed by atoms with van der Waals surface area (Å²) >= 11 is 0. The molecule has 0 saturated heterocycles. The van der Waals surface area contributed by atoms with Crippen LogP contribution in [0.2, 0.25) is 0 Å². The molecule has 0 amide bonds. The van der Waals surface area contributed by atoms with Gasteiger partial charge in [-0.05, 0) is 38.8 Å². The first-order chi connectivity index (χ1) is 9.54. The molecule has 6 nitrogen and oxygen atoms in total. The Labute approximate surface area is 121 Å². The van der Waals surface area contributed by atoms with E-state index >= 15 is 0 Å². The van der Waals surface area contributed by atoms with Crippen LogP contribution in [0.3, 0.4) is 0 Å². The van der Waals surface area contributed by atoms with Gasteiger partial charge < -0.3 is 21.7 Å². The highest BCUT2D eigenvalue weighted by Crippen LogP contribution is 2.02. The maximum atomic E-state index is 9.98. The Morgan fingerprint density at radius 3 is 1.20 bits per heavy atom. The van der Waals surface area contributed by atoms with Crippen LogP contribution in [0.5, 0.6) is 0 Å². The van der Waals surface area contributed by atoms with Gasteiger partial charge in [-0.15, -0.1) is 0 Å². The van der Waals surface area contributed by atoms with Crippen molar-refractivity contribution in [3.8, 4) is 0 Å². The molecule has 0 fully saturated rings. The predicted octanol–water partition coefficient (Wildman–Crippen LogP) is 1.96. The zero-order valence-corrected chi connectivity index (χ0v) is 12.4. The van der Waals surface area contributed by atoms with Crippen LogP contribution in [0.25, 0.3) is 0 Å². The van der Waals surface area contributed by atoms with E-state index in [-0.39, 0.29) is 12.8 Å². The second kappa shape index (κ2) is 17.9. The van der Waals surface area contributed by atoms with Gasteiger partial charge in [0.15, 0.2) is 0 Å². The summed E-state index contributed by atoms with van der Waals surface area (Å²) in [5.74, 6) is -1.64. The predicted molar refractivity (Wildman–Crippen MR) is 79.6 cm³/mol. The Hall–Kier alpha value is -1.14. The van der Waals surface area contributed by atoms with Crippen LogP contribution < -0.4 is 11.5 Å². The Bertz CT molecular complexity index is 213. The average molecular weight is 290 g/mol. The molecule has 0 atom stereocenters. The average Bonchev–Trinajstić information content (AvgIpc) is 2.38. The maximum absolute atomic E-state index is 9.98. The molecule has 0 bridgehead atoms. The summed E-state index contributed by atoms with van der Waals surface area (Å²) in [7, 11) is 0. The molecule has 0 aromatic heterocycles. The number of nitrogens with two attached hydrogens (primary N) is 2. The summed E-state index contributed by atoms with van der Waals surface area (Å²) < 4.78 is 0. The van der Waals surface area contributed by atoms with E-state index in [1.807, 2.05) is 0 Å². The van der Waals surface area contributed by atoms with Crippen molar-refractivity contribution in [1.82, 2.24) is 0 Å². The molecule has 0 rings (SSSR count). The van der Waals surface area contributed by atoms with E-state index in [2.05, 4.69) is 0 Å². The molecule has 6 N–H and O–H groups in total. The largest absolute Gasteiger partial charge is 0.481 e. The first-order valence-electron chi connectivity index (χ1n) is 7.38. The standard InChI is InChI=1S/C7H18N2.C7H12O4/c8-6-4-2-1-3-5-7-9;8-6(9)4-2-1-3-5-7(10)11/h1-9H2;1-5H2,(H,8,9)(H,10,11). The summed E-state index contributed by atoms with van der Waals surface area (Å²) in [4.78, 5) is 20.0. The summed E-state index contributed by atoms with van der Waals surface area (Å²) in [5, 5.41) is 16.4. The lowest BCUT2D eigenvalue weighted by atomic mass is 10.1. The second-order valence-corrected chi connectivity index (χ2v) is 4.69. The first kappa shape index (κ1) is 21.2. The normalized spacial score (nSPS) is 9.70. The number of carbonyl (C=O) groups is 2. The molecule has 0 unspecified atom stereocenters. The van der Waals surface area contributed by atoms with Gasteiger partial charge in [-0.25, -0.2) is 0 Å². The molecule has 0 aliphatic rings. The molecule has 0 aromatic rings. The minimum absolute atomic E-state index is 0.139. The molecule has 6 heteroatoms. The fourth-order valence-corrected chi connectivity index (χ4v) is 1.55. The summed E-state index contributed by atoms with van der Waals surface area (Å²) in [6.45, 7) is 1.67. The number of carboxylic acids is 2. The quantitative estimate of drug-likeness (QED) is 0.407. The van der Waals surface area contributed by atoms with E-state index in [4.69, 9.17) is 21.7 Å². The minimum atomic E-state index is -0.819. The van der Waals surface area contributed by atoms with Crippen LogP contribution in [0.1, 0.15) is 64.2 Å². The van der Waals surface area contributed by atoms with Crippen molar-refractivity contribution in [1.29, 1.82) is 0 Å². The number of hydrogen-bond acceptors (Lipinski definition) is 4. The lowest BCUT2D eigenvalue weighted by Gasteiger charge is -1.96. The van der Waals surface area contributed by atoms with Crippen molar-refractivity contribution in [2.24, 2.45) is 11.5 Å². The van der Waals surface area contributed by atoms with Gasteiger partial charge >= 0.3 is 11.9 Å². The summed E-state index contributed by atoms with van der Waals surface area (Å²) in [6.07, 6.45) is 8.29. The molecule has 0 aliphatic heterocycles. The molecule has 0 heterocycles. The molecule has 0 aliphatic carbocycles. The molecule has 120 valence electrons. The van der Waals surface area contributed by atoms with Crippen molar-refractivity contribution in [2.45, 2.75) is 64.2 Å². The number of rotatable bonds is 12. The van der Waals surface area contributed by atoms with Crippen molar-refractivity contribution in [3.63, 3.8) is 0 Å². The third-order valence-electron chi connectivity index (χ3n) is 2.69. The molecule has 20 heavy (non-hydrogen) atoms. The lowest BCUT2D eigenvalue weighted by Crippen LogP contribution is -1.99. The van der Waals surface area contributed by atoms with E-state index in [1.165, 1.54) is 32.1 Å². The molecule has 0 spiro atoms. The van der Waals surface area contributed by atoms with Gasteiger partial charge in [0.1, 0.15) is 0 Å². The third kappa shape index (κ3) is 25.6. The monoisotopic (exact) mass is 290 g/mol. The van der Waals surface area contributed by atoms with E-state index in [9.17, 15) is 9.59 Å². The Kier molecular flexibility index (Phi) is 18.9. The number of unbranched alkanes of at least 4 members (excludes halogenated alkanes) is 6. The fourth-order valence-electron chi connectivity index (χ4n) is 1.55. The Balaban J connectivity index is 0. The molecule has 0 saturated carbocycles. The highest BCUT2D eigenvalue weighted by Gasteiger charge is 1.98. The number of aliphatic carboxylic acids is 2. The number of carboxylic acid groups (broad SMARTS) is 2. The van der Waals surface area contributed by atoms with Crippen molar-refractivity contribution >= 4 is 11.9 Å². The van der Waals surface area contributed by atoms with Crippen LogP contribution in [0, 0.1) is 0 Å². The van der Waals surface area contributed by atoms with Crippen LogP contribution in [0.15, 0.2) is 0 Å². The van der Waals surface area contributed by atoms with Gasteiger partial charge in [0, 0.05) is 12.8 Å². The van der Waals surface area contributed by atoms with Crippen LogP contribution in [-0.4, -0.2) is 35.2 Å². The Morgan fingerprint density at radius 1 is 0.600 bits per heavy atom. The van der Waals surface area contributed by atoms with Crippen LogP contribution in [-0.2, 0) is 9.59 Å². The van der Waals surface area contributed by atoms with Crippen LogP contribution in [0.4, 0.5) is 0 Å². The summed E-state index contributed by atoms with van der Waals surface area (Å²) in [6, 6.07) is 0. The third-order valence-corrected chi connectivity index (χ3v) is 2.69. The van der Waals surface area contributed by atoms with Gasteiger partial charge in [-0.1, -0.05) is 25.7 Å². The van der Waals surface area contributed by atoms with E-state index in [0.717, 1.165) is 13.1 Å². The van der Waals surface area contributed by atoms with Crippen molar-refractivity contribution in [2.75, 3.05) is 13.1 Å². The minimum Gasteiger partial charge on any atom is -0.481 e. The fraction of sp³-hybridized carbons (Fsp3) is 0.857. The molecular formula is C14H30N2O4. The summed E-state index contributed by atoms with van der Waals surface area (Å²) in [5.41, 5.74) is 10.6. The van der Waals surface area contributed by atoms with Crippen LogP contribution >= 0.6 is 0 Å². The number of hydrogen-bond donors (Lipinski definition) is 4. The lowest BCUT2D eigenvalue weighted by molar-refractivity contribution is -0.137. The Morgan fingerprint density at radius 2 is 0.900 bits per heavy atom. The van der Waals surface area contributed by atoms with E-state index < -0.39 is 11.9 Å². The topological polar surface area (TPSA) is 127 Å². The van der Waals surface area contributed by atoms with Gasteiger partial charge in [0.25, 0.3) is 0 Å². The first-order valence-corrected chi connectivity index (χ1v) is 7.38. The van der Waals surface area contributed by atoms with E-state index in [0.29, 0.717) is 19.3 Å². The van der Waals surface area contributed by atoms with Gasteiger partial charge in [0.2, 0.25) is 0 Å². The molecule has 0 aromatic carbocycles. The van der Waals surface area contributed by atoms with Gasteiger partial charge in [-0.2, -0.15) is 0 Å². The second-order valence-electron chi connectivity index (χ2n) is 4.69. The van der Waals surface area contributed by atoms with Crippen molar-refractivity contribution in [3.05, 3.63) is 0 Å². The molecule has 0 radical (unpaired) electrons. The van der Waals surface area contributed by atoms with Gasteiger partial charge in [-0.3, -0.25) is 9.59 Å². The highest BCUT2D eigenvalue weighted by atomic mass is 16.4. The van der Waals surface area contributed by atoms with Gasteiger partial charge in [0.05, 0.1) is 0 Å². The van der Waals surface area contributed by atoms with E-state index in [1.54, 1.807) is 0 Å². The highest BCUT2D eigenvalue weighted by molar-refractivity contribution is 5.67. The maximum Gasteiger partial charge on any atom is 0.303 e. The SMILES string of the molecule is NCCCCCCCN.O=C(O)CCCCCC(=O)O. The zero-order valence-electron chi connectivity index (χ0n) is 12.4. The smallest absolute Gasteiger partial charge is 0.303 e. The molecular weight excluding hydrogens is 260 g/mol.